The van der Waals surface area contributed by atoms with Crippen molar-refractivity contribution < 1.29 is 13.9 Å². The van der Waals surface area contributed by atoms with Gasteiger partial charge in [0.2, 0.25) is 17.9 Å². The Balaban J connectivity index is 1.33. The number of rotatable bonds is 4. The Bertz CT molecular complexity index is 1110. The second-order valence-electron chi connectivity index (χ2n) is 6.45. The molecule has 1 aliphatic heterocycles. The van der Waals surface area contributed by atoms with Gasteiger partial charge < -0.3 is 13.9 Å². The van der Waals surface area contributed by atoms with E-state index < -0.39 is 0 Å². The molecule has 5 rings (SSSR count). The third kappa shape index (κ3) is 3.17. The molecule has 0 saturated heterocycles. The van der Waals surface area contributed by atoms with Crippen molar-refractivity contribution in [1.29, 1.82) is 0 Å². The Hall–Kier alpha value is -3.53. The Morgan fingerprint density at radius 3 is 2.56 bits per heavy atom. The van der Waals surface area contributed by atoms with Crippen molar-refractivity contribution in [2.75, 3.05) is 0 Å². The number of hydrogen-bond donors (Lipinski definition) is 0. The molecule has 4 heteroatoms. The summed E-state index contributed by atoms with van der Waals surface area (Å²) < 4.78 is 17.4. The minimum atomic E-state index is -0.350. The van der Waals surface area contributed by atoms with E-state index >= 15 is 0 Å². The van der Waals surface area contributed by atoms with Crippen LogP contribution in [0.2, 0.25) is 0 Å². The fourth-order valence-corrected chi connectivity index (χ4v) is 3.19. The first-order valence-corrected chi connectivity index (χ1v) is 8.87. The largest absolute Gasteiger partial charge is 0.458 e. The van der Waals surface area contributed by atoms with E-state index in [0.29, 0.717) is 23.8 Å². The second kappa shape index (κ2) is 6.65. The van der Waals surface area contributed by atoms with E-state index in [1.807, 2.05) is 36.4 Å². The van der Waals surface area contributed by atoms with E-state index in [-0.39, 0.29) is 6.29 Å². The molecule has 0 aliphatic carbocycles. The summed E-state index contributed by atoms with van der Waals surface area (Å²) in [7, 11) is 0. The van der Waals surface area contributed by atoms with Crippen LogP contribution in [0.5, 0.6) is 0 Å². The Morgan fingerprint density at radius 1 is 0.852 bits per heavy atom. The summed E-state index contributed by atoms with van der Waals surface area (Å²) >= 11 is 0. The van der Waals surface area contributed by atoms with Crippen molar-refractivity contribution >= 4 is 16.5 Å². The van der Waals surface area contributed by atoms with Crippen LogP contribution in [0.3, 0.4) is 0 Å². The fourth-order valence-electron chi connectivity index (χ4n) is 3.19. The molecule has 0 saturated carbocycles. The second-order valence-corrected chi connectivity index (χ2v) is 6.45. The molecule has 0 bridgehead atoms. The summed E-state index contributed by atoms with van der Waals surface area (Å²) in [6.45, 7) is 0. The van der Waals surface area contributed by atoms with Gasteiger partial charge in [-0.2, -0.15) is 0 Å². The zero-order valence-corrected chi connectivity index (χ0v) is 14.5. The number of nitrogens with zero attached hydrogens (tertiary/aromatic N) is 1. The van der Waals surface area contributed by atoms with Crippen molar-refractivity contribution in [3.8, 4) is 11.5 Å². The van der Waals surface area contributed by atoms with Gasteiger partial charge >= 0.3 is 0 Å². The van der Waals surface area contributed by atoms with Crippen LogP contribution in [0.1, 0.15) is 11.3 Å². The molecule has 0 radical (unpaired) electrons. The van der Waals surface area contributed by atoms with Crippen molar-refractivity contribution in [3.05, 3.63) is 96.6 Å². The molecule has 0 fully saturated rings. The highest BCUT2D eigenvalue weighted by atomic mass is 16.7. The van der Waals surface area contributed by atoms with E-state index in [2.05, 4.69) is 41.4 Å². The molecule has 27 heavy (non-hydrogen) atoms. The Kier molecular flexibility index (Phi) is 3.87. The molecule has 1 unspecified atom stereocenters. The van der Waals surface area contributed by atoms with Crippen LogP contribution in [0.25, 0.3) is 28.0 Å². The number of ether oxygens (including phenoxy) is 2. The van der Waals surface area contributed by atoms with E-state index in [9.17, 15) is 0 Å². The average molecular weight is 355 g/mol. The molecule has 0 N–H and O–H groups in total. The molecule has 132 valence electrons. The highest BCUT2D eigenvalue weighted by Gasteiger charge is 2.24. The molecule has 1 aliphatic rings. The van der Waals surface area contributed by atoms with Crippen LogP contribution in [-0.2, 0) is 15.9 Å². The Labute approximate surface area is 156 Å². The van der Waals surface area contributed by atoms with Gasteiger partial charge in [0.15, 0.2) is 5.76 Å². The number of benzene rings is 3. The molecular formula is C23H17NO3. The lowest BCUT2D eigenvalue weighted by Gasteiger charge is -2.10. The first-order valence-electron chi connectivity index (χ1n) is 8.87. The van der Waals surface area contributed by atoms with Gasteiger partial charge in [-0.05, 0) is 28.5 Å². The van der Waals surface area contributed by atoms with Gasteiger partial charge in [-0.3, -0.25) is 0 Å². The lowest BCUT2D eigenvalue weighted by Crippen LogP contribution is -2.11. The summed E-state index contributed by atoms with van der Waals surface area (Å²) in [4.78, 5) is 4.40. The van der Waals surface area contributed by atoms with E-state index in [1.165, 1.54) is 5.39 Å². The van der Waals surface area contributed by atoms with Gasteiger partial charge in [0.25, 0.3) is 0 Å². The predicted octanol–water partition coefficient (Wildman–Crippen LogP) is 5.41. The quantitative estimate of drug-likeness (QED) is 0.491. The zero-order chi connectivity index (χ0) is 18.1. The minimum Gasteiger partial charge on any atom is -0.458 e. The number of aromatic nitrogens is 1. The summed E-state index contributed by atoms with van der Waals surface area (Å²) in [5.41, 5.74) is 2.09. The van der Waals surface area contributed by atoms with Crippen LogP contribution < -0.4 is 0 Å². The lowest BCUT2D eigenvalue weighted by molar-refractivity contribution is -0.0144. The third-order valence-corrected chi connectivity index (χ3v) is 4.58. The van der Waals surface area contributed by atoms with Crippen LogP contribution in [0, 0.1) is 0 Å². The maximum absolute atomic E-state index is 5.92. The van der Waals surface area contributed by atoms with Gasteiger partial charge in [-0.15, -0.1) is 0 Å². The molecule has 4 aromatic rings. The number of hydrogen-bond acceptors (Lipinski definition) is 4. The highest BCUT2D eigenvalue weighted by molar-refractivity contribution is 5.86. The van der Waals surface area contributed by atoms with Crippen molar-refractivity contribution in [1.82, 2.24) is 4.98 Å². The monoisotopic (exact) mass is 355 g/mol. The minimum absolute atomic E-state index is 0.350. The molecule has 3 aromatic carbocycles. The smallest absolute Gasteiger partial charge is 0.244 e. The zero-order valence-electron chi connectivity index (χ0n) is 14.5. The van der Waals surface area contributed by atoms with E-state index in [4.69, 9.17) is 13.9 Å². The summed E-state index contributed by atoms with van der Waals surface area (Å²) in [6, 6.07) is 24.5. The molecule has 0 spiro atoms. The first kappa shape index (κ1) is 15.7. The maximum Gasteiger partial charge on any atom is 0.244 e. The topological polar surface area (TPSA) is 44.5 Å². The van der Waals surface area contributed by atoms with Crippen LogP contribution in [0.4, 0.5) is 0 Å². The summed E-state index contributed by atoms with van der Waals surface area (Å²) in [5, 5.41) is 2.34. The van der Waals surface area contributed by atoms with Gasteiger partial charge in [-0.25, -0.2) is 4.98 Å². The third-order valence-electron chi connectivity index (χ3n) is 4.58. The SMILES string of the molecule is C1=C(c2cnc(-c3ccc4ccccc4c3)o2)OC(Cc2ccccc2)O1. The fraction of sp³-hybridized carbons (Fsp3) is 0.0870. The predicted molar refractivity (Wildman–Crippen MR) is 104 cm³/mol. The van der Waals surface area contributed by atoms with Crippen molar-refractivity contribution in [2.45, 2.75) is 12.7 Å². The van der Waals surface area contributed by atoms with Crippen LogP contribution >= 0.6 is 0 Å². The number of fused-ring (bicyclic) bond motifs is 1. The first-order chi connectivity index (χ1) is 13.3. The molecule has 2 heterocycles. The Morgan fingerprint density at radius 2 is 1.67 bits per heavy atom. The lowest BCUT2D eigenvalue weighted by atomic mass is 10.1. The maximum atomic E-state index is 5.92. The van der Waals surface area contributed by atoms with Crippen LogP contribution in [-0.4, -0.2) is 11.3 Å². The normalized spacial score (nSPS) is 16.0. The van der Waals surface area contributed by atoms with E-state index in [0.717, 1.165) is 16.5 Å². The van der Waals surface area contributed by atoms with Gasteiger partial charge in [0.1, 0.15) is 6.26 Å². The number of oxazole rings is 1. The van der Waals surface area contributed by atoms with Crippen LogP contribution in [0.15, 0.2) is 89.7 Å². The summed E-state index contributed by atoms with van der Waals surface area (Å²) in [6.07, 6.45) is 3.59. The van der Waals surface area contributed by atoms with Gasteiger partial charge in [0.05, 0.1) is 6.20 Å². The van der Waals surface area contributed by atoms with E-state index in [1.54, 1.807) is 12.5 Å². The van der Waals surface area contributed by atoms with Gasteiger partial charge in [-0.1, -0.05) is 60.7 Å². The summed E-state index contributed by atoms with van der Waals surface area (Å²) in [5.74, 6) is 1.69. The molecule has 0 amide bonds. The molecule has 4 nitrogen and oxygen atoms in total. The average Bonchev–Trinajstić information content (AvgIpc) is 3.38. The van der Waals surface area contributed by atoms with Crippen molar-refractivity contribution in [3.63, 3.8) is 0 Å². The van der Waals surface area contributed by atoms with Crippen molar-refractivity contribution in [2.24, 2.45) is 0 Å². The molecule has 1 atom stereocenters. The standard InChI is InChI=1S/C23H17NO3/c1-2-6-16(7-3-1)12-22-25-15-21(26-22)20-14-24-23(27-20)19-11-10-17-8-4-5-9-18(17)13-19/h1-11,13-15,22H,12H2. The van der Waals surface area contributed by atoms with Gasteiger partial charge in [0, 0.05) is 12.0 Å². The highest BCUT2D eigenvalue weighted by Crippen LogP contribution is 2.30. The molecular weight excluding hydrogens is 338 g/mol. The molecule has 1 aromatic heterocycles.